The van der Waals surface area contributed by atoms with Gasteiger partial charge in [0, 0.05) is 18.8 Å². The number of fused-ring (bicyclic) bond motifs is 1. The number of hydrogen-bond acceptors (Lipinski definition) is 2. The van der Waals surface area contributed by atoms with Gasteiger partial charge in [0.25, 0.3) is 0 Å². The highest BCUT2D eigenvalue weighted by Crippen LogP contribution is 2.37. The molecule has 2 atom stereocenters. The first kappa shape index (κ1) is 13.9. The fourth-order valence-corrected chi connectivity index (χ4v) is 4.15. The molecule has 110 valence electrons. The van der Waals surface area contributed by atoms with Gasteiger partial charge in [0.1, 0.15) is 0 Å². The van der Waals surface area contributed by atoms with Gasteiger partial charge in [-0.1, -0.05) is 25.3 Å². The molecule has 2 unspecified atom stereocenters. The predicted molar refractivity (Wildman–Crippen MR) is 86.2 cm³/mol. The van der Waals surface area contributed by atoms with Crippen LogP contribution in [-0.4, -0.2) is 19.6 Å². The van der Waals surface area contributed by atoms with Crippen LogP contribution < -0.4 is 10.6 Å². The first-order chi connectivity index (χ1) is 9.78. The summed E-state index contributed by atoms with van der Waals surface area (Å²) in [5.74, 6) is 1.96. The van der Waals surface area contributed by atoms with Gasteiger partial charge in [-0.05, 0) is 67.8 Å². The Morgan fingerprint density at radius 2 is 1.95 bits per heavy atom. The van der Waals surface area contributed by atoms with E-state index in [0.29, 0.717) is 0 Å². The van der Waals surface area contributed by atoms with E-state index in [2.05, 4.69) is 30.0 Å². The summed E-state index contributed by atoms with van der Waals surface area (Å²) in [7, 11) is 0. The summed E-state index contributed by atoms with van der Waals surface area (Å²) in [5.41, 5.74) is 9.90. The van der Waals surface area contributed by atoms with E-state index in [1.165, 1.54) is 62.0 Å². The van der Waals surface area contributed by atoms with Gasteiger partial charge in [-0.25, -0.2) is 0 Å². The summed E-state index contributed by atoms with van der Waals surface area (Å²) in [4.78, 5) is 2.62. The Labute approximate surface area is 123 Å². The Morgan fingerprint density at radius 1 is 1.15 bits per heavy atom. The molecule has 0 spiro atoms. The Kier molecular flexibility index (Phi) is 4.30. The first-order valence-electron chi connectivity index (χ1n) is 8.32. The minimum Gasteiger partial charge on any atom is -0.371 e. The quantitative estimate of drug-likeness (QED) is 0.912. The van der Waals surface area contributed by atoms with Crippen molar-refractivity contribution < 1.29 is 0 Å². The molecular formula is C18H28N2. The molecule has 1 heterocycles. The molecule has 0 bridgehead atoms. The number of aryl methyl sites for hydroxylation is 1. The maximum Gasteiger partial charge on any atom is 0.0369 e. The summed E-state index contributed by atoms with van der Waals surface area (Å²) in [6.07, 6.45) is 8.24. The summed E-state index contributed by atoms with van der Waals surface area (Å²) in [6, 6.07) is 6.96. The van der Waals surface area contributed by atoms with Crippen LogP contribution in [0.2, 0.25) is 0 Å². The highest BCUT2D eigenvalue weighted by molar-refractivity contribution is 5.51. The van der Waals surface area contributed by atoms with Gasteiger partial charge in [-0.15, -0.1) is 0 Å². The first-order valence-corrected chi connectivity index (χ1v) is 8.32. The van der Waals surface area contributed by atoms with Crippen LogP contribution in [0.4, 0.5) is 5.69 Å². The fourth-order valence-electron chi connectivity index (χ4n) is 4.15. The van der Waals surface area contributed by atoms with Crippen LogP contribution >= 0.6 is 0 Å². The lowest BCUT2D eigenvalue weighted by molar-refractivity contribution is 0.202. The number of rotatable bonds is 3. The molecule has 3 rings (SSSR count). The van der Waals surface area contributed by atoms with Gasteiger partial charge in [-0.2, -0.15) is 0 Å². The van der Waals surface area contributed by atoms with Gasteiger partial charge in [0.05, 0.1) is 0 Å². The van der Waals surface area contributed by atoms with Gasteiger partial charge >= 0.3 is 0 Å². The molecule has 2 nitrogen and oxygen atoms in total. The second-order valence-electron chi connectivity index (χ2n) is 6.69. The molecular weight excluding hydrogens is 244 g/mol. The van der Waals surface area contributed by atoms with Gasteiger partial charge < -0.3 is 10.6 Å². The third kappa shape index (κ3) is 2.85. The number of piperidine rings is 1. The number of nitrogens with two attached hydrogens (primary N) is 1. The maximum atomic E-state index is 5.67. The number of anilines is 1. The zero-order valence-electron chi connectivity index (χ0n) is 12.8. The fraction of sp³-hybridized carbons (Fsp3) is 0.667. The van der Waals surface area contributed by atoms with Crippen LogP contribution in [-0.2, 0) is 6.42 Å². The van der Waals surface area contributed by atoms with Crippen molar-refractivity contribution in [1.82, 2.24) is 0 Å². The third-order valence-electron chi connectivity index (χ3n) is 5.40. The van der Waals surface area contributed by atoms with Crippen molar-refractivity contribution in [3.05, 3.63) is 29.3 Å². The molecule has 1 aliphatic heterocycles. The normalized spacial score (nSPS) is 26.4. The zero-order chi connectivity index (χ0) is 13.9. The minimum atomic E-state index is 0.744. The number of hydrogen-bond donors (Lipinski definition) is 1. The second kappa shape index (κ2) is 6.17. The minimum absolute atomic E-state index is 0.744. The lowest BCUT2D eigenvalue weighted by Crippen LogP contribution is -2.41. The smallest absolute Gasteiger partial charge is 0.0369 e. The molecule has 2 N–H and O–H groups in total. The summed E-state index contributed by atoms with van der Waals surface area (Å²) < 4.78 is 0. The molecule has 2 aliphatic rings. The lowest BCUT2D eigenvalue weighted by Gasteiger charge is -2.42. The zero-order valence-corrected chi connectivity index (χ0v) is 12.8. The average molecular weight is 272 g/mol. The number of nitrogens with zero attached hydrogens (tertiary/aromatic N) is 1. The van der Waals surface area contributed by atoms with E-state index in [0.717, 1.165) is 24.8 Å². The van der Waals surface area contributed by atoms with Crippen LogP contribution in [0.5, 0.6) is 0 Å². The molecule has 1 aromatic carbocycles. The van der Waals surface area contributed by atoms with Gasteiger partial charge in [0.2, 0.25) is 0 Å². The van der Waals surface area contributed by atoms with Crippen LogP contribution in [0.3, 0.4) is 0 Å². The van der Waals surface area contributed by atoms with Crippen LogP contribution in [0.1, 0.15) is 43.2 Å². The van der Waals surface area contributed by atoms with E-state index >= 15 is 0 Å². The monoisotopic (exact) mass is 272 g/mol. The molecule has 1 aromatic rings. The van der Waals surface area contributed by atoms with Gasteiger partial charge in [0.15, 0.2) is 0 Å². The molecule has 1 aliphatic carbocycles. The van der Waals surface area contributed by atoms with Crippen LogP contribution in [0, 0.1) is 18.8 Å². The van der Waals surface area contributed by atoms with E-state index in [9.17, 15) is 0 Å². The Hall–Kier alpha value is -1.02. The summed E-state index contributed by atoms with van der Waals surface area (Å²) in [6.45, 7) is 5.49. The number of benzene rings is 1. The van der Waals surface area contributed by atoms with Crippen molar-refractivity contribution in [1.29, 1.82) is 0 Å². The highest BCUT2D eigenvalue weighted by Gasteiger charge is 2.31. The summed E-state index contributed by atoms with van der Waals surface area (Å²) >= 11 is 0. The van der Waals surface area contributed by atoms with Crippen molar-refractivity contribution in [2.75, 3.05) is 24.5 Å². The van der Waals surface area contributed by atoms with Gasteiger partial charge in [-0.3, -0.25) is 0 Å². The Balaban J connectivity index is 1.71. The van der Waals surface area contributed by atoms with E-state index < -0.39 is 0 Å². The molecule has 2 fully saturated rings. The highest BCUT2D eigenvalue weighted by atomic mass is 15.1. The lowest BCUT2D eigenvalue weighted by atomic mass is 9.75. The maximum absolute atomic E-state index is 5.67. The van der Waals surface area contributed by atoms with Crippen molar-refractivity contribution in [2.45, 2.75) is 45.4 Å². The van der Waals surface area contributed by atoms with E-state index in [1.54, 1.807) is 0 Å². The molecule has 2 heteroatoms. The Bertz CT molecular complexity index is 455. The predicted octanol–water partition coefficient (Wildman–Crippen LogP) is 3.51. The van der Waals surface area contributed by atoms with Crippen LogP contribution in [0.15, 0.2) is 18.2 Å². The molecule has 0 amide bonds. The average Bonchev–Trinajstić information content (AvgIpc) is 2.49. The molecule has 1 saturated heterocycles. The van der Waals surface area contributed by atoms with Crippen molar-refractivity contribution in [2.24, 2.45) is 17.6 Å². The van der Waals surface area contributed by atoms with E-state index in [4.69, 9.17) is 5.73 Å². The standard InChI is InChI=1S/C18H28N2/c1-14-12-18(7-6-15(14)8-10-19)20-11-9-16-4-2-3-5-17(16)13-20/h6-7,12,16-17H,2-5,8-11,13,19H2,1H3. The SMILES string of the molecule is Cc1cc(N2CCC3CCCCC3C2)ccc1CCN. The molecule has 0 aromatic heterocycles. The Morgan fingerprint density at radius 3 is 2.70 bits per heavy atom. The van der Waals surface area contributed by atoms with Crippen molar-refractivity contribution in [3.63, 3.8) is 0 Å². The topological polar surface area (TPSA) is 29.3 Å². The molecule has 20 heavy (non-hydrogen) atoms. The molecule has 1 saturated carbocycles. The molecule has 0 radical (unpaired) electrons. The largest absolute Gasteiger partial charge is 0.371 e. The van der Waals surface area contributed by atoms with Crippen molar-refractivity contribution in [3.8, 4) is 0 Å². The van der Waals surface area contributed by atoms with E-state index in [1.807, 2.05) is 0 Å². The van der Waals surface area contributed by atoms with Crippen molar-refractivity contribution >= 4 is 5.69 Å². The van der Waals surface area contributed by atoms with E-state index in [-0.39, 0.29) is 0 Å². The summed E-state index contributed by atoms with van der Waals surface area (Å²) in [5, 5.41) is 0. The third-order valence-corrected chi connectivity index (χ3v) is 5.40. The van der Waals surface area contributed by atoms with Crippen LogP contribution in [0.25, 0.3) is 0 Å². The second-order valence-corrected chi connectivity index (χ2v) is 6.69.